The Morgan fingerprint density at radius 1 is 1.15 bits per heavy atom. The SMILES string of the molecule is F.F.[Hf][C]1=C(C2CCCC2)C=CC1. The summed E-state index contributed by atoms with van der Waals surface area (Å²) in [6.45, 7) is 0. The predicted octanol–water partition coefficient (Wildman–Crippen LogP) is 3.24. The molecular weight excluding hydrogens is 337 g/mol. The molecule has 0 aromatic heterocycles. The summed E-state index contributed by atoms with van der Waals surface area (Å²) in [6, 6.07) is 0. The van der Waals surface area contributed by atoms with E-state index in [1.54, 1.807) is 8.90 Å². The zero-order valence-electron chi connectivity index (χ0n) is 7.58. The van der Waals surface area contributed by atoms with Gasteiger partial charge in [-0.2, -0.15) is 0 Å². The van der Waals surface area contributed by atoms with Gasteiger partial charge in [0.2, 0.25) is 0 Å². The second kappa shape index (κ2) is 5.84. The fourth-order valence-electron chi connectivity index (χ4n) is 2.14. The van der Waals surface area contributed by atoms with Crippen LogP contribution < -0.4 is 0 Å². The Labute approximate surface area is 92.8 Å². The van der Waals surface area contributed by atoms with E-state index < -0.39 is 0 Å². The summed E-state index contributed by atoms with van der Waals surface area (Å²) >= 11 is 1.29. The number of allylic oxidation sites excluding steroid dienone is 4. The molecule has 0 radical (unpaired) electrons. The predicted molar refractivity (Wildman–Crippen MR) is 47.7 cm³/mol. The third-order valence-electron chi connectivity index (χ3n) is 2.76. The van der Waals surface area contributed by atoms with Crippen LogP contribution in [0.15, 0.2) is 21.1 Å². The Morgan fingerprint density at radius 2 is 1.77 bits per heavy atom. The maximum atomic E-state index is 2.39. The van der Waals surface area contributed by atoms with E-state index in [4.69, 9.17) is 0 Å². The van der Waals surface area contributed by atoms with E-state index in [0.717, 1.165) is 5.92 Å². The van der Waals surface area contributed by atoms with E-state index >= 15 is 0 Å². The Morgan fingerprint density at radius 3 is 2.23 bits per heavy atom. The molecule has 0 aromatic rings. The molecule has 1 saturated carbocycles. The standard InChI is InChI=1S/C10H13.2FH.Hf/c1-2-6-9(5-1)10-7-3-4-8-10;;;/h1,5,10H,2-4,7-8H2;2*1H;. The second-order valence-electron chi connectivity index (χ2n) is 3.52. The molecule has 0 amide bonds. The van der Waals surface area contributed by atoms with Crippen LogP contribution in [0.4, 0.5) is 9.41 Å². The third kappa shape index (κ3) is 2.83. The van der Waals surface area contributed by atoms with Gasteiger partial charge in [-0.1, -0.05) is 0 Å². The first-order valence-electron chi connectivity index (χ1n) is 4.49. The molecule has 0 aliphatic heterocycles. The molecule has 0 saturated heterocycles. The molecule has 73 valence electrons. The molecule has 2 rings (SSSR count). The van der Waals surface area contributed by atoms with Crippen LogP contribution in [0, 0.1) is 5.92 Å². The number of hydrogen-bond donors (Lipinski definition) is 0. The van der Waals surface area contributed by atoms with Crippen molar-refractivity contribution < 1.29 is 33.8 Å². The van der Waals surface area contributed by atoms with Crippen molar-refractivity contribution in [3.8, 4) is 0 Å². The second-order valence-corrected chi connectivity index (χ2v) is 5.69. The van der Waals surface area contributed by atoms with Crippen LogP contribution in [0.5, 0.6) is 0 Å². The monoisotopic (exact) mass is 353 g/mol. The zero-order chi connectivity index (χ0) is 7.68. The van der Waals surface area contributed by atoms with Gasteiger partial charge >= 0.3 is 83.5 Å². The topological polar surface area (TPSA) is 0 Å². The molecule has 0 N–H and O–H groups in total. The molecule has 2 aliphatic rings. The normalized spacial score (nSPS) is 21.5. The van der Waals surface area contributed by atoms with Crippen LogP contribution in [-0.4, -0.2) is 0 Å². The van der Waals surface area contributed by atoms with Crippen LogP contribution in [0.2, 0.25) is 0 Å². The van der Waals surface area contributed by atoms with Crippen LogP contribution >= 0.6 is 0 Å². The molecule has 0 spiro atoms. The van der Waals surface area contributed by atoms with Gasteiger partial charge in [-0.25, -0.2) is 0 Å². The number of rotatable bonds is 1. The molecule has 3 heteroatoms. The fourth-order valence-corrected chi connectivity index (χ4v) is 3.60. The van der Waals surface area contributed by atoms with E-state index in [0.29, 0.717) is 0 Å². The minimum atomic E-state index is 0. The number of hydrogen-bond acceptors (Lipinski definition) is 0. The summed E-state index contributed by atoms with van der Waals surface area (Å²) in [5.41, 5.74) is 1.73. The van der Waals surface area contributed by atoms with Gasteiger partial charge in [0.25, 0.3) is 0 Å². The molecule has 0 aromatic carbocycles. The van der Waals surface area contributed by atoms with Crippen molar-refractivity contribution in [2.24, 2.45) is 5.92 Å². The van der Waals surface area contributed by atoms with Gasteiger partial charge in [-0.3, -0.25) is 9.41 Å². The van der Waals surface area contributed by atoms with Crippen LogP contribution in [0.1, 0.15) is 32.1 Å². The number of halogens is 2. The molecule has 0 heterocycles. The van der Waals surface area contributed by atoms with Gasteiger partial charge in [0.05, 0.1) is 0 Å². The fraction of sp³-hybridized carbons (Fsp3) is 0.600. The average molecular weight is 352 g/mol. The van der Waals surface area contributed by atoms with Gasteiger partial charge < -0.3 is 0 Å². The molecule has 2 aliphatic carbocycles. The van der Waals surface area contributed by atoms with Crippen LogP contribution in [-0.2, 0) is 24.4 Å². The van der Waals surface area contributed by atoms with Crippen molar-refractivity contribution in [1.82, 2.24) is 0 Å². The van der Waals surface area contributed by atoms with Crippen molar-refractivity contribution in [3.05, 3.63) is 21.1 Å². The van der Waals surface area contributed by atoms with Crippen LogP contribution in [0.25, 0.3) is 0 Å². The van der Waals surface area contributed by atoms with Gasteiger partial charge in [-0.15, -0.1) is 0 Å². The van der Waals surface area contributed by atoms with E-state index in [1.165, 1.54) is 56.5 Å². The molecule has 0 unspecified atom stereocenters. The van der Waals surface area contributed by atoms with Gasteiger partial charge in [0.1, 0.15) is 0 Å². The first-order valence-corrected chi connectivity index (χ1v) is 6.29. The summed E-state index contributed by atoms with van der Waals surface area (Å²) in [6.07, 6.45) is 11.9. The van der Waals surface area contributed by atoms with Gasteiger partial charge in [0.15, 0.2) is 0 Å². The molecule has 0 atom stereocenters. The van der Waals surface area contributed by atoms with E-state index in [1.807, 2.05) is 0 Å². The van der Waals surface area contributed by atoms with Crippen molar-refractivity contribution in [2.45, 2.75) is 32.1 Å². The molecule has 0 bridgehead atoms. The van der Waals surface area contributed by atoms with Gasteiger partial charge in [0, 0.05) is 0 Å². The molecular formula is C10H15F2Hf. The zero-order valence-corrected chi connectivity index (χ0v) is 11.2. The Balaban J connectivity index is 0.000000720. The summed E-state index contributed by atoms with van der Waals surface area (Å²) in [5.74, 6) is 0.959. The van der Waals surface area contributed by atoms with Crippen molar-refractivity contribution in [3.63, 3.8) is 0 Å². The Hall–Kier alpha value is 0.210. The summed E-state index contributed by atoms with van der Waals surface area (Å²) in [5, 5.41) is 0. The van der Waals surface area contributed by atoms with E-state index in [2.05, 4.69) is 12.2 Å². The first kappa shape index (κ1) is 13.2. The summed E-state index contributed by atoms with van der Waals surface area (Å²) < 4.78 is 1.76. The van der Waals surface area contributed by atoms with E-state index in [-0.39, 0.29) is 9.41 Å². The molecule has 13 heavy (non-hydrogen) atoms. The van der Waals surface area contributed by atoms with Crippen molar-refractivity contribution >= 4 is 0 Å². The van der Waals surface area contributed by atoms with Crippen LogP contribution in [0.3, 0.4) is 0 Å². The quantitative estimate of drug-likeness (QED) is 0.636. The third-order valence-corrected chi connectivity index (χ3v) is 4.53. The molecule has 1 fully saturated rings. The van der Waals surface area contributed by atoms with E-state index in [9.17, 15) is 0 Å². The summed E-state index contributed by atoms with van der Waals surface area (Å²) in [4.78, 5) is 0. The Bertz CT molecular complexity index is 215. The first-order chi connectivity index (χ1) is 5.38. The van der Waals surface area contributed by atoms with Crippen molar-refractivity contribution in [1.29, 1.82) is 0 Å². The summed E-state index contributed by atoms with van der Waals surface area (Å²) in [7, 11) is 0. The average Bonchev–Trinajstić information content (AvgIpc) is 2.55. The maximum absolute atomic E-state index is 2.39. The minimum absolute atomic E-state index is 0. The molecule has 0 nitrogen and oxygen atoms in total. The van der Waals surface area contributed by atoms with Crippen molar-refractivity contribution in [2.75, 3.05) is 0 Å². The van der Waals surface area contributed by atoms with Gasteiger partial charge in [-0.05, 0) is 0 Å². The Kier molecular flexibility index (Phi) is 5.93.